The second-order valence-electron chi connectivity index (χ2n) is 10.0. The summed E-state index contributed by atoms with van der Waals surface area (Å²) in [4.78, 5) is 15.5. The van der Waals surface area contributed by atoms with Crippen LogP contribution in [0.3, 0.4) is 0 Å². The molecule has 198 valence electrons. The lowest BCUT2D eigenvalue weighted by Crippen LogP contribution is -2.02. The average Bonchev–Trinajstić information content (AvgIpc) is 3.09. The number of hydrogen-bond acceptors (Lipinski definition) is 3. The van der Waals surface area contributed by atoms with Gasteiger partial charge in [0.2, 0.25) is 0 Å². The van der Waals surface area contributed by atoms with Gasteiger partial charge in [0.1, 0.15) is 0 Å². The van der Waals surface area contributed by atoms with Crippen LogP contribution in [0.5, 0.6) is 0 Å². The largest absolute Gasteiger partial charge is 0.208 e. The van der Waals surface area contributed by atoms with Gasteiger partial charge in [-0.1, -0.05) is 164 Å². The van der Waals surface area contributed by atoms with E-state index in [9.17, 15) is 0 Å². The average molecular weight is 538 g/mol. The van der Waals surface area contributed by atoms with Crippen LogP contribution in [-0.4, -0.2) is 15.0 Å². The third-order valence-corrected chi connectivity index (χ3v) is 7.39. The summed E-state index contributed by atoms with van der Waals surface area (Å²) < 4.78 is 0. The molecule has 0 saturated carbocycles. The fourth-order valence-corrected chi connectivity index (χ4v) is 5.38. The Bertz CT molecular complexity index is 1720. The van der Waals surface area contributed by atoms with Crippen LogP contribution >= 0.6 is 0 Å². The van der Waals surface area contributed by atoms with E-state index < -0.39 is 0 Å². The van der Waals surface area contributed by atoms with E-state index in [4.69, 9.17) is 15.0 Å². The summed E-state index contributed by atoms with van der Waals surface area (Å²) in [6.07, 6.45) is 0. The molecule has 0 amide bonds. The molecular weight excluding hydrogens is 510 g/mol. The predicted molar refractivity (Wildman–Crippen MR) is 172 cm³/mol. The van der Waals surface area contributed by atoms with E-state index in [-0.39, 0.29) is 0 Å². The first-order chi connectivity index (χ1) is 20.8. The first-order valence-electron chi connectivity index (χ1n) is 14.1. The van der Waals surface area contributed by atoms with Crippen molar-refractivity contribution in [1.29, 1.82) is 0 Å². The number of hydrogen-bond donors (Lipinski definition) is 0. The molecule has 42 heavy (non-hydrogen) atoms. The van der Waals surface area contributed by atoms with Gasteiger partial charge in [0.05, 0.1) is 0 Å². The van der Waals surface area contributed by atoms with Crippen molar-refractivity contribution in [3.05, 3.63) is 164 Å². The molecule has 0 unspecified atom stereocenters. The highest BCUT2D eigenvalue weighted by Crippen LogP contribution is 2.37. The molecule has 0 aliphatic heterocycles. The lowest BCUT2D eigenvalue weighted by Gasteiger charge is -2.15. The van der Waals surface area contributed by atoms with Gasteiger partial charge in [-0.05, 0) is 33.4 Å². The first kappa shape index (κ1) is 25.3. The van der Waals surface area contributed by atoms with Gasteiger partial charge in [-0.2, -0.15) is 0 Å². The van der Waals surface area contributed by atoms with Crippen LogP contribution in [0, 0.1) is 0 Å². The zero-order chi connectivity index (χ0) is 28.1. The Kier molecular flexibility index (Phi) is 6.89. The van der Waals surface area contributed by atoms with Crippen LogP contribution in [0.1, 0.15) is 0 Å². The maximum absolute atomic E-state index is 5.15. The smallest absolute Gasteiger partial charge is 0.164 e. The van der Waals surface area contributed by atoms with E-state index in [1.54, 1.807) is 0 Å². The van der Waals surface area contributed by atoms with Crippen molar-refractivity contribution in [1.82, 2.24) is 15.0 Å². The van der Waals surface area contributed by atoms with Crippen molar-refractivity contribution in [3.8, 4) is 67.5 Å². The molecule has 0 N–H and O–H groups in total. The normalized spacial score (nSPS) is 10.9. The van der Waals surface area contributed by atoms with E-state index in [0.717, 1.165) is 50.1 Å². The lowest BCUT2D eigenvalue weighted by molar-refractivity contribution is 1.07. The Morgan fingerprint density at radius 3 is 0.690 bits per heavy atom. The van der Waals surface area contributed by atoms with Gasteiger partial charge in [0.25, 0.3) is 0 Å². The van der Waals surface area contributed by atoms with Crippen molar-refractivity contribution >= 4 is 0 Å². The lowest BCUT2D eigenvalue weighted by atomic mass is 9.97. The van der Waals surface area contributed by atoms with E-state index in [0.29, 0.717) is 17.5 Å². The molecule has 0 radical (unpaired) electrons. The summed E-state index contributed by atoms with van der Waals surface area (Å²) in [5.41, 5.74) is 9.47. The van der Waals surface area contributed by atoms with Crippen LogP contribution < -0.4 is 0 Å². The summed E-state index contributed by atoms with van der Waals surface area (Å²) in [5, 5.41) is 0. The van der Waals surface area contributed by atoms with Crippen LogP contribution in [0.15, 0.2) is 164 Å². The number of nitrogens with zero attached hydrogens (tertiary/aromatic N) is 3. The molecule has 6 aromatic carbocycles. The highest BCUT2D eigenvalue weighted by atomic mass is 15.0. The number of rotatable bonds is 6. The van der Waals surface area contributed by atoms with Crippen molar-refractivity contribution in [2.24, 2.45) is 0 Å². The molecule has 3 heteroatoms. The maximum Gasteiger partial charge on any atom is 0.164 e. The van der Waals surface area contributed by atoms with Crippen molar-refractivity contribution in [2.45, 2.75) is 0 Å². The van der Waals surface area contributed by atoms with Gasteiger partial charge in [-0.25, -0.2) is 15.0 Å². The summed E-state index contributed by atoms with van der Waals surface area (Å²) >= 11 is 0. The summed E-state index contributed by atoms with van der Waals surface area (Å²) in [5.74, 6) is 1.92. The minimum Gasteiger partial charge on any atom is -0.208 e. The molecule has 0 aliphatic carbocycles. The van der Waals surface area contributed by atoms with Gasteiger partial charge < -0.3 is 0 Å². The topological polar surface area (TPSA) is 38.7 Å². The van der Waals surface area contributed by atoms with E-state index >= 15 is 0 Å². The molecule has 0 aliphatic rings. The molecule has 0 spiro atoms. The molecule has 0 bridgehead atoms. The molecule has 0 fully saturated rings. The Morgan fingerprint density at radius 1 is 0.214 bits per heavy atom. The van der Waals surface area contributed by atoms with Gasteiger partial charge in [-0.3, -0.25) is 0 Å². The van der Waals surface area contributed by atoms with Gasteiger partial charge >= 0.3 is 0 Å². The zero-order valence-corrected chi connectivity index (χ0v) is 22.9. The summed E-state index contributed by atoms with van der Waals surface area (Å²) in [6, 6.07) is 56.2. The minimum atomic E-state index is 0.639. The van der Waals surface area contributed by atoms with Gasteiger partial charge in [-0.15, -0.1) is 0 Å². The van der Waals surface area contributed by atoms with Crippen molar-refractivity contribution < 1.29 is 0 Å². The molecule has 0 saturated heterocycles. The van der Waals surface area contributed by atoms with Crippen LogP contribution in [-0.2, 0) is 0 Å². The Morgan fingerprint density at radius 2 is 0.429 bits per heavy atom. The number of aromatic nitrogens is 3. The molecule has 3 nitrogen and oxygen atoms in total. The SMILES string of the molecule is c1ccc(-c2ccccc2-c2nc(-c3ccccc3-c3ccccc3)nc(-c3ccccc3-c3ccccc3)n2)cc1. The fraction of sp³-hybridized carbons (Fsp3) is 0. The second-order valence-corrected chi connectivity index (χ2v) is 10.0. The minimum absolute atomic E-state index is 0.639. The van der Waals surface area contributed by atoms with Crippen LogP contribution in [0.2, 0.25) is 0 Å². The van der Waals surface area contributed by atoms with Crippen LogP contribution in [0.25, 0.3) is 67.5 Å². The van der Waals surface area contributed by atoms with Gasteiger partial charge in [0.15, 0.2) is 17.5 Å². The molecular formula is C39H27N3. The quantitative estimate of drug-likeness (QED) is 0.212. The Balaban J connectivity index is 1.49. The Hall–Kier alpha value is -5.67. The molecule has 7 aromatic rings. The second kappa shape index (κ2) is 11.4. The number of benzene rings is 6. The fourth-order valence-electron chi connectivity index (χ4n) is 5.38. The van der Waals surface area contributed by atoms with E-state index in [1.807, 2.05) is 36.4 Å². The monoisotopic (exact) mass is 537 g/mol. The summed E-state index contributed by atoms with van der Waals surface area (Å²) in [7, 11) is 0. The standard InChI is InChI=1S/C39H27N3/c1-4-16-28(17-5-1)31-22-10-13-25-34(31)37-40-38(35-26-14-11-23-32(35)29-18-6-2-7-19-29)42-39(41-37)36-27-15-12-24-33(36)30-20-8-3-9-21-30/h1-27H. The highest BCUT2D eigenvalue weighted by molar-refractivity contribution is 5.86. The third-order valence-electron chi connectivity index (χ3n) is 7.39. The summed E-state index contributed by atoms with van der Waals surface area (Å²) in [6.45, 7) is 0. The van der Waals surface area contributed by atoms with Crippen molar-refractivity contribution in [3.63, 3.8) is 0 Å². The van der Waals surface area contributed by atoms with Crippen molar-refractivity contribution in [2.75, 3.05) is 0 Å². The molecule has 1 aromatic heterocycles. The maximum atomic E-state index is 5.15. The zero-order valence-electron chi connectivity index (χ0n) is 22.9. The highest BCUT2D eigenvalue weighted by Gasteiger charge is 2.19. The van der Waals surface area contributed by atoms with E-state index in [1.165, 1.54) is 0 Å². The Labute approximate surface area is 245 Å². The molecule has 0 atom stereocenters. The predicted octanol–water partition coefficient (Wildman–Crippen LogP) is 9.87. The van der Waals surface area contributed by atoms with Crippen LogP contribution in [0.4, 0.5) is 0 Å². The first-order valence-corrected chi connectivity index (χ1v) is 14.1. The van der Waals surface area contributed by atoms with Gasteiger partial charge in [0, 0.05) is 16.7 Å². The molecule has 7 rings (SSSR count). The molecule has 1 heterocycles. The van der Waals surface area contributed by atoms with E-state index in [2.05, 4.69) is 127 Å². The third kappa shape index (κ3) is 5.00.